The third-order valence-electron chi connectivity index (χ3n) is 4.71. The maximum atomic E-state index is 11.8. The van der Waals surface area contributed by atoms with Crippen molar-refractivity contribution in [2.75, 3.05) is 32.8 Å². The van der Waals surface area contributed by atoms with Crippen LogP contribution in [-0.4, -0.2) is 47.3 Å². The first-order valence-electron chi connectivity index (χ1n) is 8.48. The Hall–Kier alpha value is -2.18. The number of rotatable bonds is 4. The molecule has 0 unspecified atom stereocenters. The largest absolute Gasteiger partial charge is 0.439 e. The predicted octanol–water partition coefficient (Wildman–Crippen LogP) is 2.04. The van der Waals surface area contributed by atoms with Crippen LogP contribution >= 0.6 is 0 Å². The molecule has 2 aromatic heterocycles. The Morgan fingerprint density at radius 2 is 2.00 bits per heavy atom. The van der Waals surface area contributed by atoms with Crippen molar-refractivity contribution in [2.24, 2.45) is 0 Å². The van der Waals surface area contributed by atoms with Crippen molar-refractivity contribution in [3.63, 3.8) is 0 Å². The monoisotopic (exact) mass is 327 g/mol. The maximum absolute atomic E-state index is 11.8. The molecule has 1 aliphatic heterocycles. The van der Waals surface area contributed by atoms with Crippen LogP contribution in [0.4, 0.5) is 0 Å². The molecule has 24 heavy (non-hydrogen) atoms. The van der Waals surface area contributed by atoms with Gasteiger partial charge in [-0.2, -0.15) is 4.98 Å². The zero-order valence-corrected chi connectivity index (χ0v) is 13.8. The molecule has 0 atom stereocenters. The molecule has 0 radical (unpaired) electrons. The van der Waals surface area contributed by atoms with Crippen molar-refractivity contribution in [3.05, 3.63) is 40.6 Å². The van der Waals surface area contributed by atoms with Gasteiger partial charge >= 0.3 is 5.76 Å². The van der Waals surface area contributed by atoms with Gasteiger partial charge in [0.2, 0.25) is 0 Å². The number of fused-ring (bicyclic) bond motifs is 3. The second kappa shape index (κ2) is 6.37. The molecule has 0 amide bonds. The molecule has 3 aromatic rings. The Labute approximate surface area is 139 Å². The van der Waals surface area contributed by atoms with E-state index in [2.05, 4.69) is 32.8 Å². The van der Waals surface area contributed by atoms with Gasteiger partial charge in [-0.15, -0.1) is 0 Å². The average molecular weight is 327 g/mol. The number of aromatic nitrogens is 2. The molecule has 6 heteroatoms. The van der Waals surface area contributed by atoms with Gasteiger partial charge in [-0.1, -0.05) is 13.0 Å². The van der Waals surface area contributed by atoms with Crippen LogP contribution in [0.15, 0.2) is 33.6 Å². The van der Waals surface area contributed by atoms with E-state index in [0.717, 1.165) is 61.4 Å². The zero-order valence-electron chi connectivity index (χ0n) is 13.8. The highest BCUT2D eigenvalue weighted by Gasteiger charge is 2.14. The second-order valence-electron chi connectivity index (χ2n) is 6.12. The molecule has 0 N–H and O–H groups in total. The van der Waals surface area contributed by atoms with E-state index in [1.807, 2.05) is 13.0 Å². The summed E-state index contributed by atoms with van der Waals surface area (Å²) in [6.07, 6.45) is 2.78. The highest BCUT2D eigenvalue weighted by molar-refractivity contribution is 6.03. The standard InChI is InChI=1S/C18H21N3O3/c1-2-15-14-4-3-13-5-6-21(8-7-20-9-11-23-12-10-20)16(13)17(14)24-18(22)19-15/h3-6H,2,7-12H2,1H3. The zero-order chi connectivity index (χ0) is 16.5. The van der Waals surface area contributed by atoms with Crippen LogP contribution in [0.5, 0.6) is 0 Å². The minimum absolute atomic E-state index is 0.521. The lowest BCUT2D eigenvalue weighted by molar-refractivity contribution is 0.0365. The van der Waals surface area contributed by atoms with Crippen molar-refractivity contribution >= 4 is 21.9 Å². The van der Waals surface area contributed by atoms with Crippen LogP contribution < -0.4 is 5.76 Å². The first-order chi connectivity index (χ1) is 11.8. The summed E-state index contributed by atoms with van der Waals surface area (Å²) in [6.45, 7) is 7.36. The van der Waals surface area contributed by atoms with Gasteiger partial charge in [0.25, 0.3) is 0 Å². The molecule has 0 spiro atoms. The van der Waals surface area contributed by atoms with E-state index in [9.17, 15) is 4.79 Å². The van der Waals surface area contributed by atoms with Crippen LogP contribution in [0, 0.1) is 0 Å². The van der Waals surface area contributed by atoms with Crippen molar-refractivity contribution < 1.29 is 9.15 Å². The Bertz CT molecular complexity index is 922. The summed E-state index contributed by atoms with van der Waals surface area (Å²) < 4.78 is 13.1. The molecular weight excluding hydrogens is 306 g/mol. The van der Waals surface area contributed by atoms with E-state index in [1.165, 1.54) is 0 Å². The van der Waals surface area contributed by atoms with Gasteiger partial charge in [0.15, 0.2) is 5.58 Å². The molecule has 0 aliphatic carbocycles. The van der Waals surface area contributed by atoms with Gasteiger partial charge in [0, 0.05) is 43.1 Å². The summed E-state index contributed by atoms with van der Waals surface area (Å²) in [4.78, 5) is 18.2. The second-order valence-corrected chi connectivity index (χ2v) is 6.12. The minimum Gasteiger partial charge on any atom is -0.406 e. The lowest BCUT2D eigenvalue weighted by Crippen LogP contribution is -2.38. The van der Waals surface area contributed by atoms with E-state index in [-0.39, 0.29) is 0 Å². The van der Waals surface area contributed by atoms with Crippen LogP contribution in [0.3, 0.4) is 0 Å². The third-order valence-corrected chi connectivity index (χ3v) is 4.71. The van der Waals surface area contributed by atoms with Crippen molar-refractivity contribution in [2.45, 2.75) is 19.9 Å². The molecular formula is C18H21N3O3. The number of morpholine rings is 1. The van der Waals surface area contributed by atoms with Gasteiger partial charge in [-0.05, 0) is 18.6 Å². The Morgan fingerprint density at radius 1 is 1.17 bits per heavy atom. The molecule has 0 bridgehead atoms. The Morgan fingerprint density at radius 3 is 2.79 bits per heavy atom. The number of aryl methyl sites for hydroxylation is 1. The minimum atomic E-state index is -0.521. The first-order valence-corrected chi connectivity index (χ1v) is 8.48. The topological polar surface area (TPSA) is 60.5 Å². The maximum Gasteiger partial charge on any atom is 0.439 e. The molecule has 0 saturated carbocycles. The fourth-order valence-electron chi connectivity index (χ4n) is 3.40. The summed E-state index contributed by atoms with van der Waals surface area (Å²) in [5, 5.41) is 2.01. The number of hydrogen-bond acceptors (Lipinski definition) is 5. The summed E-state index contributed by atoms with van der Waals surface area (Å²) in [7, 11) is 0. The van der Waals surface area contributed by atoms with Crippen LogP contribution in [0.2, 0.25) is 0 Å². The van der Waals surface area contributed by atoms with Gasteiger partial charge in [0.05, 0.1) is 24.4 Å². The molecule has 1 aliphatic rings. The van der Waals surface area contributed by atoms with E-state index < -0.39 is 5.76 Å². The molecule has 126 valence electrons. The van der Waals surface area contributed by atoms with E-state index in [1.54, 1.807) is 0 Å². The van der Waals surface area contributed by atoms with Crippen molar-refractivity contribution in [1.29, 1.82) is 0 Å². The summed E-state index contributed by atoms with van der Waals surface area (Å²) in [5.74, 6) is -0.521. The molecule has 4 rings (SSSR count). The lowest BCUT2D eigenvalue weighted by Gasteiger charge is -2.26. The van der Waals surface area contributed by atoms with E-state index in [0.29, 0.717) is 12.0 Å². The third kappa shape index (κ3) is 2.72. The van der Waals surface area contributed by atoms with Crippen molar-refractivity contribution in [3.8, 4) is 0 Å². The van der Waals surface area contributed by atoms with Gasteiger partial charge in [-0.3, -0.25) is 4.90 Å². The normalized spacial score (nSPS) is 16.2. The fraction of sp³-hybridized carbons (Fsp3) is 0.444. The SMILES string of the molecule is CCc1nc(=O)oc2c1ccc1ccn(CCN3CCOCC3)c12. The Kier molecular flexibility index (Phi) is 4.08. The van der Waals surface area contributed by atoms with Gasteiger partial charge in [0.1, 0.15) is 0 Å². The lowest BCUT2D eigenvalue weighted by atomic mass is 10.1. The molecule has 3 heterocycles. The molecule has 1 fully saturated rings. The number of ether oxygens (including phenoxy) is 1. The highest BCUT2D eigenvalue weighted by atomic mass is 16.5. The van der Waals surface area contributed by atoms with Crippen LogP contribution in [-0.2, 0) is 17.7 Å². The summed E-state index contributed by atoms with van der Waals surface area (Å²) >= 11 is 0. The first kappa shape index (κ1) is 15.4. The van der Waals surface area contributed by atoms with Crippen LogP contribution in [0.25, 0.3) is 21.9 Å². The van der Waals surface area contributed by atoms with Crippen LogP contribution in [0.1, 0.15) is 12.6 Å². The van der Waals surface area contributed by atoms with E-state index in [4.69, 9.17) is 9.15 Å². The van der Waals surface area contributed by atoms with Gasteiger partial charge in [-0.25, -0.2) is 4.79 Å². The number of benzene rings is 1. The highest BCUT2D eigenvalue weighted by Crippen LogP contribution is 2.27. The number of nitrogens with zero attached hydrogens (tertiary/aromatic N) is 3. The summed E-state index contributed by atoms with van der Waals surface area (Å²) in [6, 6.07) is 6.14. The van der Waals surface area contributed by atoms with Gasteiger partial charge < -0.3 is 13.7 Å². The summed E-state index contributed by atoms with van der Waals surface area (Å²) in [5.41, 5.74) is 2.43. The Balaban J connectivity index is 1.76. The fourth-order valence-corrected chi connectivity index (χ4v) is 3.40. The smallest absolute Gasteiger partial charge is 0.406 e. The quantitative estimate of drug-likeness (QED) is 0.734. The molecule has 6 nitrogen and oxygen atoms in total. The predicted molar refractivity (Wildman–Crippen MR) is 92.4 cm³/mol. The molecule has 1 saturated heterocycles. The molecule has 1 aromatic carbocycles. The average Bonchev–Trinajstić information content (AvgIpc) is 3.03. The van der Waals surface area contributed by atoms with Crippen molar-refractivity contribution in [1.82, 2.24) is 14.5 Å². The number of hydrogen-bond donors (Lipinski definition) is 0. The van der Waals surface area contributed by atoms with E-state index >= 15 is 0 Å².